The van der Waals surface area contributed by atoms with E-state index in [1.54, 1.807) is 27.7 Å². The van der Waals surface area contributed by atoms with Gasteiger partial charge in [0.25, 0.3) is 0 Å². The van der Waals surface area contributed by atoms with Crippen molar-refractivity contribution in [3.05, 3.63) is 66.0 Å². The Kier molecular flexibility index (Phi) is 4.85. The van der Waals surface area contributed by atoms with Crippen LogP contribution in [0.1, 0.15) is 11.3 Å². The lowest BCUT2D eigenvalue weighted by Crippen LogP contribution is -2.27. The summed E-state index contributed by atoms with van der Waals surface area (Å²) in [5, 5.41) is 15.2. The zero-order valence-corrected chi connectivity index (χ0v) is 13.9. The lowest BCUT2D eigenvalue weighted by Gasteiger charge is -2.07. The number of rotatable bonds is 5. The predicted molar refractivity (Wildman–Crippen MR) is 94.0 cm³/mol. The molecule has 0 bridgehead atoms. The maximum atomic E-state index is 12.9. The fraction of sp³-hybridized carbons (Fsp3) is 0.188. The van der Waals surface area contributed by atoms with Crippen molar-refractivity contribution in [1.82, 2.24) is 24.9 Å². The molecule has 6 nitrogen and oxygen atoms in total. The van der Waals surface area contributed by atoms with Crippen LogP contribution < -0.4 is 10.6 Å². The molecule has 3 aromatic rings. The van der Waals surface area contributed by atoms with Crippen LogP contribution >= 0.6 is 12.2 Å². The average Bonchev–Trinajstić information content (AvgIpc) is 3.17. The second kappa shape index (κ2) is 7.22. The molecule has 124 valence electrons. The van der Waals surface area contributed by atoms with Crippen LogP contribution in [0.4, 0.5) is 10.1 Å². The molecule has 0 aliphatic heterocycles. The highest BCUT2D eigenvalue weighted by Crippen LogP contribution is 2.09. The fourth-order valence-corrected chi connectivity index (χ4v) is 2.39. The zero-order chi connectivity index (χ0) is 16.9. The molecule has 8 heteroatoms. The van der Waals surface area contributed by atoms with Crippen LogP contribution in [-0.2, 0) is 20.1 Å². The van der Waals surface area contributed by atoms with Gasteiger partial charge in [-0.2, -0.15) is 10.2 Å². The highest BCUT2D eigenvalue weighted by Gasteiger charge is 2.03. The molecule has 3 rings (SSSR count). The molecule has 0 saturated carbocycles. The number of nitrogens with zero attached hydrogens (tertiary/aromatic N) is 4. The summed E-state index contributed by atoms with van der Waals surface area (Å²) in [7, 11) is 1.87. The lowest BCUT2D eigenvalue weighted by molar-refractivity contribution is 0.624. The second-order valence-corrected chi connectivity index (χ2v) is 5.75. The molecule has 0 saturated heterocycles. The van der Waals surface area contributed by atoms with E-state index in [4.69, 9.17) is 12.2 Å². The number of anilines is 1. The maximum Gasteiger partial charge on any atom is 0.171 e. The van der Waals surface area contributed by atoms with Gasteiger partial charge in [-0.1, -0.05) is 12.1 Å². The van der Waals surface area contributed by atoms with Crippen LogP contribution in [0, 0.1) is 5.82 Å². The molecule has 0 unspecified atom stereocenters. The van der Waals surface area contributed by atoms with E-state index in [9.17, 15) is 4.39 Å². The Morgan fingerprint density at radius 1 is 1.25 bits per heavy atom. The molecule has 0 spiro atoms. The van der Waals surface area contributed by atoms with Gasteiger partial charge in [0, 0.05) is 19.4 Å². The molecule has 0 radical (unpaired) electrons. The van der Waals surface area contributed by atoms with Crippen molar-refractivity contribution < 1.29 is 4.39 Å². The van der Waals surface area contributed by atoms with Crippen LogP contribution in [0.5, 0.6) is 0 Å². The molecule has 1 aromatic carbocycles. The van der Waals surface area contributed by atoms with E-state index < -0.39 is 0 Å². The van der Waals surface area contributed by atoms with Gasteiger partial charge in [0.05, 0.1) is 30.7 Å². The van der Waals surface area contributed by atoms with Gasteiger partial charge in [-0.05, 0) is 36.0 Å². The summed E-state index contributed by atoms with van der Waals surface area (Å²) in [5.41, 5.74) is 2.67. The zero-order valence-electron chi connectivity index (χ0n) is 13.1. The van der Waals surface area contributed by atoms with E-state index >= 15 is 0 Å². The van der Waals surface area contributed by atoms with Crippen LogP contribution in [0.3, 0.4) is 0 Å². The lowest BCUT2D eigenvalue weighted by atomic mass is 10.2. The first kappa shape index (κ1) is 16.1. The van der Waals surface area contributed by atoms with Gasteiger partial charge in [0.15, 0.2) is 5.11 Å². The predicted octanol–water partition coefficient (Wildman–Crippen LogP) is 2.29. The van der Waals surface area contributed by atoms with Crippen molar-refractivity contribution in [3.8, 4) is 0 Å². The number of aryl methyl sites for hydroxylation is 1. The third kappa shape index (κ3) is 4.39. The number of nitrogens with one attached hydrogen (secondary N) is 2. The van der Waals surface area contributed by atoms with E-state index in [1.807, 2.05) is 25.5 Å². The van der Waals surface area contributed by atoms with E-state index in [-0.39, 0.29) is 5.82 Å². The van der Waals surface area contributed by atoms with Crippen LogP contribution in [0.2, 0.25) is 0 Å². The molecule has 2 heterocycles. The van der Waals surface area contributed by atoms with Crippen LogP contribution in [-0.4, -0.2) is 24.7 Å². The highest BCUT2D eigenvalue weighted by molar-refractivity contribution is 7.80. The van der Waals surface area contributed by atoms with Gasteiger partial charge in [0.2, 0.25) is 0 Å². The molecular formula is C16H17FN6S. The standard InChI is InChI=1S/C16H17FN6S/c1-22-7-6-14(21-22)8-18-16(24)20-15-9-19-23(11-15)10-12-2-4-13(17)5-3-12/h2-7,9,11H,8,10H2,1H3,(H2,18,20,24). The second-order valence-electron chi connectivity index (χ2n) is 5.34. The molecule has 2 N–H and O–H groups in total. The van der Waals surface area contributed by atoms with Gasteiger partial charge < -0.3 is 10.6 Å². The van der Waals surface area contributed by atoms with Gasteiger partial charge in [-0.3, -0.25) is 9.36 Å². The van der Waals surface area contributed by atoms with E-state index in [2.05, 4.69) is 20.8 Å². The number of hydrogen-bond donors (Lipinski definition) is 2. The summed E-state index contributed by atoms with van der Waals surface area (Å²) in [6.45, 7) is 1.12. The largest absolute Gasteiger partial charge is 0.357 e. The van der Waals surface area contributed by atoms with Gasteiger partial charge in [0.1, 0.15) is 5.82 Å². The van der Waals surface area contributed by atoms with Crippen molar-refractivity contribution in [3.63, 3.8) is 0 Å². The van der Waals surface area contributed by atoms with E-state index in [0.717, 1.165) is 16.9 Å². The van der Waals surface area contributed by atoms with Gasteiger partial charge in [-0.15, -0.1) is 0 Å². The Bertz CT molecular complexity index is 823. The first-order chi connectivity index (χ1) is 11.6. The Morgan fingerprint density at radius 2 is 2.04 bits per heavy atom. The van der Waals surface area contributed by atoms with Crippen LogP contribution in [0.25, 0.3) is 0 Å². The van der Waals surface area contributed by atoms with Crippen molar-refractivity contribution in [2.75, 3.05) is 5.32 Å². The monoisotopic (exact) mass is 344 g/mol. The number of hydrogen-bond acceptors (Lipinski definition) is 3. The molecule has 24 heavy (non-hydrogen) atoms. The molecule has 0 fully saturated rings. The number of benzene rings is 1. The third-order valence-corrected chi connectivity index (χ3v) is 3.59. The van der Waals surface area contributed by atoms with E-state index in [0.29, 0.717) is 18.2 Å². The minimum absolute atomic E-state index is 0.245. The molecule has 0 atom stereocenters. The Hall–Kier alpha value is -2.74. The number of halogens is 1. The summed E-state index contributed by atoms with van der Waals surface area (Å²) in [6, 6.07) is 8.28. The minimum atomic E-state index is -0.245. The quantitative estimate of drug-likeness (QED) is 0.696. The topological polar surface area (TPSA) is 59.7 Å². The van der Waals surface area contributed by atoms with Crippen molar-refractivity contribution in [1.29, 1.82) is 0 Å². The fourth-order valence-electron chi connectivity index (χ4n) is 2.20. The summed E-state index contributed by atoms with van der Waals surface area (Å²) in [6.07, 6.45) is 5.42. The minimum Gasteiger partial charge on any atom is -0.357 e. The summed E-state index contributed by atoms with van der Waals surface area (Å²) in [4.78, 5) is 0. The molecule has 0 amide bonds. The highest BCUT2D eigenvalue weighted by atomic mass is 32.1. The number of thiocarbonyl (C=S) groups is 1. The molecule has 0 aliphatic rings. The third-order valence-electron chi connectivity index (χ3n) is 3.35. The first-order valence-corrected chi connectivity index (χ1v) is 7.79. The normalized spacial score (nSPS) is 10.6. The van der Waals surface area contributed by atoms with Crippen molar-refractivity contribution >= 4 is 23.0 Å². The SMILES string of the molecule is Cn1ccc(CNC(=S)Nc2cnn(Cc3ccc(F)cc3)c2)n1. The Morgan fingerprint density at radius 3 is 2.75 bits per heavy atom. The van der Waals surface area contributed by atoms with Crippen molar-refractivity contribution in [2.24, 2.45) is 7.05 Å². The van der Waals surface area contributed by atoms with Crippen LogP contribution in [0.15, 0.2) is 48.9 Å². The Labute approximate surface area is 144 Å². The van der Waals surface area contributed by atoms with Gasteiger partial charge >= 0.3 is 0 Å². The Balaban J connectivity index is 1.51. The first-order valence-electron chi connectivity index (χ1n) is 7.39. The molecular weight excluding hydrogens is 327 g/mol. The van der Waals surface area contributed by atoms with Gasteiger partial charge in [-0.25, -0.2) is 4.39 Å². The smallest absolute Gasteiger partial charge is 0.171 e. The van der Waals surface area contributed by atoms with E-state index in [1.165, 1.54) is 12.1 Å². The maximum absolute atomic E-state index is 12.9. The number of aromatic nitrogens is 4. The molecule has 2 aromatic heterocycles. The van der Waals surface area contributed by atoms with Crippen molar-refractivity contribution in [2.45, 2.75) is 13.1 Å². The summed E-state index contributed by atoms with van der Waals surface area (Å²) in [5.74, 6) is -0.245. The summed E-state index contributed by atoms with van der Waals surface area (Å²) >= 11 is 5.26. The average molecular weight is 344 g/mol. The molecule has 0 aliphatic carbocycles. The summed E-state index contributed by atoms with van der Waals surface area (Å²) < 4.78 is 16.4.